The van der Waals surface area contributed by atoms with Crippen molar-refractivity contribution in [2.75, 3.05) is 6.61 Å². The number of nitriles is 1. The molecule has 0 aromatic heterocycles. The molecule has 0 bridgehead atoms. The van der Waals surface area contributed by atoms with Gasteiger partial charge in [-0.15, -0.1) is 4.83 Å². The van der Waals surface area contributed by atoms with Gasteiger partial charge >= 0.3 is 0 Å². The van der Waals surface area contributed by atoms with Crippen LogP contribution < -0.4 is 15.0 Å². The molecule has 0 atom stereocenters. The standard InChI is InChI=1S/C15H12FN3O4S/c16-12-2-1-3-14(8-12)24(21,22)19-18-15(20)10-23-13-6-4-11(9-17)5-7-13/h1-8,19H,10H2,(H,18,20). The molecule has 0 spiro atoms. The van der Waals surface area contributed by atoms with Gasteiger partial charge in [-0.2, -0.15) is 5.26 Å². The fourth-order valence-electron chi connectivity index (χ4n) is 1.63. The summed E-state index contributed by atoms with van der Waals surface area (Å²) in [6, 6.07) is 12.3. The van der Waals surface area contributed by atoms with Crippen LogP contribution in [0.2, 0.25) is 0 Å². The number of halogens is 1. The second-order valence-corrected chi connectivity index (χ2v) is 6.22. The number of nitrogens with zero attached hydrogens (tertiary/aromatic N) is 1. The normalized spacial score (nSPS) is 10.7. The molecule has 2 aromatic carbocycles. The zero-order valence-corrected chi connectivity index (χ0v) is 13.0. The van der Waals surface area contributed by atoms with Crippen LogP contribution in [0.25, 0.3) is 0 Å². The summed E-state index contributed by atoms with van der Waals surface area (Å²) in [7, 11) is -4.08. The summed E-state index contributed by atoms with van der Waals surface area (Å²) in [6.07, 6.45) is 0. The Bertz CT molecular complexity index is 876. The number of sulfonamides is 1. The van der Waals surface area contributed by atoms with Crippen molar-refractivity contribution in [1.29, 1.82) is 5.26 Å². The first kappa shape index (κ1) is 17.4. The van der Waals surface area contributed by atoms with Crippen LogP contribution in [0.4, 0.5) is 4.39 Å². The summed E-state index contributed by atoms with van der Waals surface area (Å²) in [4.78, 5) is 13.1. The molecule has 124 valence electrons. The first-order chi connectivity index (χ1) is 11.4. The molecule has 0 unspecified atom stereocenters. The van der Waals surface area contributed by atoms with E-state index in [4.69, 9.17) is 10.00 Å². The zero-order valence-electron chi connectivity index (χ0n) is 12.2. The van der Waals surface area contributed by atoms with Crippen molar-refractivity contribution < 1.29 is 22.3 Å². The van der Waals surface area contributed by atoms with Gasteiger partial charge in [-0.1, -0.05) is 6.07 Å². The second-order valence-electron chi connectivity index (χ2n) is 4.54. The number of benzene rings is 2. The summed E-state index contributed by atoms with van der Waals surface area (Å²) in [6.45, 7) is -0.447. The molecule has 0 fully saturated rings. The Hall–Kier alpha value is -2.96. The number of rotatable bonds is 6. The number of carbonyl (C=O) groups is 1. The average molecular weight is 349 g/mol. The van der Waals surface area contributed by atoms with E-state index in [1.807, 2.05) is 16.3 Å². The maximum atomic E-state index is 13.0. The third kappa shape index (κ3) is 4.77. The predicted molar refractivity (Wildman–Crippen MR) is 81.5 cm³/mol. The van der Waals surface area contributed by atoms with Gasteiger partial charge in [0.1, 0.15) is 11.6 Å². The minimum absolute atomic E-state index is 0.323. The number of hydrogen-bond donors (Lipinski definition) is 2. The number of hydrazine groups is 1. The summed E-state index contributed by atoms with van der Waals surface area (Å²) in [5.41, 5.74) is 2.40. The molecule has 1 amide bonds. The summed E-state index contributed by atoms with van der Waals surface area (Å²) < 4.78 is 41.9. The monoisotopic (exact) mass is 349 g/mol. The summed E-state index contributed by atoms with van der Waals surface area (Å²) in [5, 5.41) is 8.66. The smallest absolute Gasteiger partial charge is 0.272 e. The molecule has 0 saturated carbocycles. The van der Waals surface area contributed by atoms with Gasteiger partial charge in [0.15, 0.2) is 6.61 Å². The van der Waals surface area contributed by atoms with Gasteiger partial charge in [0.05, 0.1) is 16.5 Å². The lowest BCUT2D eigenvalue weighted by Crippen LogP contribution is -2.43. The average Bonchev–Trinajstić information content (AvgIpc) is 2.58. The molecule has 0 radical (unpaired) electrons. The lowest BCUT2D eigenvalue weighted by Gasteiger charge is -2.09. The molecule has 0 heterocycles. The van der Waals surface area contributed by atoms with E-state index in [0.29, 0.717) is 11.3 Å². The summed E-state index contributed by atoms with van der Waals surface area (Å²) >= 11 is 0. The van der Waals surface area contributed by atoms with Gasteiger partial charge in [0.25, 0.3) is 15.9 Å². The van der Waals surface area contributed by atoms with E-state index in [0.717, 1.165) is 12.1 Å². The number of carbonyl (C=O) groups excluding carboxylic acids is 1. The first-order valence-corrected chi connectivity index (χ1v) is 8.08. The highest BCUT2D eigenvalue weighted by Crippen LogP contribution is 2.11. The van der Waals surface area contributed by atoms with E-state index >= 15 is 0 Å². The Labute approximate surface area is 137 Å². The lowest BCUT2D eigenvalue weighted by molar-refractivity contribution is -0.123. The van der Waals surface area contributed by atoms with Crippen LogP contribution in [0.5, 0.6) is 5.75 Å². The quantitative estimate of drug-likeness (QED) is 0.759. The van der Waals surface area contributed by atoms with Crippen molar-refractivity contribution in [3.8, 4) is 11.8 Å². The SMILES string of the molecule is N#Cc1ccc(OCC(=O)NNS(=O)(=O)c2cccc(F)c2)cc1. The molecule has 7 nitrogen and oxygen atoms in total. The van der Waals surface area contributed by atoms with E-state index in [1.54, 1.807) is 0 Å². The van der Waals surface area contributed by atoms with Gasteiger partial charge < -0.3 is 4.74 Å². The van der Waals surface area contributed by atoms with Crippen molar-refractivity contribution >= 4 is 15.9 Å². The van der Waals surface area contributed by atoms with E-state index < -0.39 is 28.4 Å². The molecule has 2 rings (SSSR count). The zero-order chi connectivity index (χ0) is 17.6. The highest BCUT2D eigenvalue weighted by Gasteiger charge is 2.15. The third-order valence-corrected chi connectivity index (χ3v) is 4.03. The Balaban J connectivity index is 1.87. The topological polar surface area (TPSA) is 108 Å². The van der Waals surface area contributed by atoms with Crippen molar-refractivity contribution in [3.05, 3.63) is 59.9 Å². The number of ether oxygens (including phenoxy) is 1. The summed E-state index contributed by atoms with van der Waals surface area (Å²) in [5.74, 6) is -1.12. The van der Waals surface area contributed by atoms with Crippen LogP contribution in [0, 0.1) is 17.1 Å². The minimum Gasteiger partial charge on any atom is -0.484 e. The van der Waals surface area contributed by atoms with Crippen molar-refractivity contribution in [1.82, 2.24) is 10.3 Å². The van der Waals surface area contributed by atoms with E-state index in [9.17, 15) is 17.6 Å². The second kappa shape index (κ2) is 7.54. The molecule has 24 heavy (non-hydrogen) atoms. The Morgan fingerprint density at radius 3 is 2.54 bits per heavy atom. The Morgan fingerprint density at radius 2 is 1.92 bits per heavy atom. The van der Waals surface area contributed by atoms with Crippen LogP contribution in [-0.2, 0) is 14.8 Å². The van der Waals surface area contributed by atoms with Gasteiger partial charge in [-0.05, 0) is 42.5 Å². The number of nitrogens with one attached hydrogen (secondary N) is 2. The van der Waals surface area contributed by atoms with Gasteiger partial charge in [-0.25, -0.2) is 12.8 Å². The molecule has 0 aliphatic heterocycles. The lowest BCUT2D eigenvalue weighted by atomic mass is 10.2. The fourth-order valence-corrected chi connectivity index (χ4v) is 2.52. The maximum absolute atomic E-state index is 13.0. The van der Waals surface area contributed by atoms with E-state index in [-0.39, 0.29) is 4.90 Å². The molecular weight excluding hydrogens is 337 g/mol. The molecule has 0 saturated heterocycles. The fraction of sp³-hybridized carbons (Fsp3) is 0.0667. The molecule has 0 aliphatic rings. The highest BCUT2D eigenvalue weighted by molar-refractivity contribution is 7.89. The van der Waals surface area contributed by atoms with Crippen LogP contribution in [0.1, 0.15) is 5.56 Å². The molecule has 0 aliphatic carbocycles. The molecular formula is C15H12FN3O4S. The van der Waals surface area contributed by atoms with Crippen LogP contribution >= 0.6 is 0 Å². The van der Waals surface area contributed by atoms with Crippen molar-refractivity contribution in [3.63, 3.8) is 0 Å². The maximum Gasteiger partial charge on any atom is 0.272 e. The largest absolute Gasteiger partial charge is 0.484 e. The van der Waals surface area contributed by atoms with Crippen molar-refractivity contribution in [2.24, 2.45) is 0 Å². The molecule has 9 heteroatoms. The first-order valence-electron chi connectivity index (χ1n) is 6.60. The van der Waals surface area contributed by atoms with E-state index in [2.05, 4.69) is 0 Å². The number of hydrogen-bond acceptors (Lipinski definition) is 5. The molecule has 2 aromatic rings. The van der Waals surface area contributed by atoms with E-state index in [1.165, 1.54) is 36.4 Å². The van der Waals surface area contributed by atoms with Crippen LogP contribution in [0.3, 0.4) is 0 Å². The number of amides is 1. The minimum atomic E-state index is -4.08. The third-order valence-electron chi connectivity index (χ3n) is 2.78. The van der Waals surface area contributed by atoms with Gasteiger partial charge in [0.2, 0.25) is 0 Å². The van der Waals surface area contributed by atoms with Gasteiger partial charge in [0, 0.05) is 0 Å². The van der Waals surface area contributed by atoms with Crippen molar-refractivity contribution in [2.45, 2.75) is 4.90 Å². The predicted octanol–water partition coefficient (Wildman–Crippen LogP) is 1.09. The Kier molecular flexibility index (Phi) is 5.47. The highest BCUT2D eigenvalue weighted by atomic mass is 32.2. The van der Waals surface area contributed by atoms with Crippen LogP contribution in [-0.4, -0.2) is 20.9 Å². The molecule has 2 N–H and O–H groups in total. The van der Waals surface area contributed by atoms with Gasteiger partial charge in [-0.3, -0.25) is 10.2 Å². The Morgan fingerprint density at radius 1 is 1.21 bits per heavy atom. The van der Waals surface area contributed by atoms with Crippen LogP contribution in [0.15, 0.2) is 53.4 Å².